The summed E-state index contributed by atoms with van der Waals surface area (Å²) < 4.78 is 15.4. The number of aliphatic hydroxyl groups is 1. The van der Waals surface area contributed by atoms with Crippen molar-refractivity contribution in [3.05, 3.63) is 46.3 Å². The first-order valence-corrected chi connectivity index (χ1v) is 8.85. The molecule has 0 bridgehead atoms. The van der Waals surface area contributed by atoms with Crippen LogP contribution in [-0.2, 0) is 30.4 Å². The molecular formula is C18H22N4O7. The highest BCUT2D eigenvalue weighted by Gasteiger charge is 2.48. The second-order valence-electron chi connectivity index (χ2n) is 6.46. The van der Waals surface area contributed by atoms with Crippen LogP contribution in [0.15, 0.2) is 35.4 Å². The van der Waals surface area contributed by atoms with Gasteiger partial charge in [0.2, 0.25) is 0 Å². The smallest absolute Gasteiger partial charge is 0.407 e. The average molecular weight is 406 g/mol. The number of benzene rings is 1. The molecule has 0 heterocycles. The van der Waals surface area contributed by atoms with Crippen LogP contribution >= 0.6 is 0 Å². The molecule has 0 radical (unpaired) electrons. The van der Waals surface area contributed by atoms with Gasteiger partial charge in [-0.25, -0.2) is 4.79 Å². The maximum absolute atomic E-state index is 12.2. The molecule has 1 saturated carbocycles. The fourth-order valence-electron chi connectivity index (χ4n) is 3.08. The highest BCUT2D eigenvalue weighted by atomic mass is 16.6. The van der Waals surface area contributed by atoms with Crippen LogP contribution in [0.25, 0.3) is 10.4 Å². The van der Waals surface area contributed by atoms with Gasteiger partial charge in [0, 0.05) is 18.8 Å². The van der Waals surface area contributed by atoms with Gasteiger partial charge in [-0.3, -0.25) is 9.59 Å². The molecule has 0 saturated heterocycles. The second-order valence-corrected chi connectivity index (χ2v) is 6.46. The molecule has 11 nitrogen and oxygen atoms in total. The van der Waals surface area contributed by atoms with Crippen LogP contribution in [0.5, 0.6) is 0 Å². The van der Waals surface area contributed by atoms with Gasteiger partial charge in [0.1, 0.15) is 12.7 Å². The van der Waals surface area contributed by atoms with Crippen molar-refractivity contribution in [1.29, 1.82) is 0 Å². The maximum Gasteiger partial charge on any atom is 0.407 e. The van der Waals surface area contributed by atoms with Crippen molar-refractivity contribution in [3.8, 4) is 0 Å². The summed E-state index contributed by atoms with van der Waals surface area (Å²) in [5, 5.41) is 16.4. The second kappa shape index (κ2) is 10.3. The van der Waals surface area contributed by atoms with Gasteiger partial charge in [0.15, 0.2) is 12.2 Å². The average Bonchev–Trinajstić information content (AvgIpc) is 2.67. The van der Waals surface area contributed by atoms with Gasteiger partial charge in [0.05, 0.1) is 12.1 Å². The summed E-state index contributed by atoms with van der Waals surface area (Å²) in [5.74, 6) is -1.44. The summed E-state index contributed by atoms with van der Waals surface area (Å²) in [6, 6.07) is 7.03. The highest BCUT2D eigenvalue weighted by molar-refractivity contribution is 5.69. The molecular weight excluding hydrogens is 384 g/mol. The van der Waals surface area contributed by atoms with E-state index in [1.807, 2.05) is 6.07 Å². The van der Waals surface area contributed by atoms with E-state index in [0.717, 1.165) is 19.4 Å². The summed E-state index contributed by atoms with van der Waals surface area (Å²) in [4.78, 5) is 37.9. The zero-order valence-corrected chi connectivity index (χ0v) is 15.9. The molecule has 1 aliphatic rings. The van der Waals surface area contributed by atoms with Gasteiger partial charge in [-0.1, -0.05) is 35.4 Å². The number of hydrogen-bond acceptors (Lipinski definition) is 8. The Bertz CT molecular complexity index is 782. The fourth-order valence-corrected chi connectivity index (χ4v) is 3.08. The first kappa shape index (κ1) is 22.0. The third kappa shape index (κ3) is 6.37. The number of aliphatic hydroxyl groups excluding tert-OH is 1. The molecule has 1 amide bonds. The maximum atomic E-state index is 12.2. The molecule has 0 spiro atoms. The summed E-state index contributed by atoms with van der Waals surface area (Å²) >= 11 is 0. The van der Waals surface area contributed by atoms with Crippen LogP contribution in [-0.4, -0.2) is 53.5 Å². The van der Waals surface area contributed by atoms with Crippen molar-refractivity contribution in [3.63, 3.8) is 0 Å². The van der Waals surface area contributed by atoms with Crippen molar-refractivity contribution in [2.45, 2.75) is 57.3 Å². The number of carbonyl (C=O) groups excluding carboxylic acids is 3. The quantitative estimate of drug-likeness (QED) is 0.238. The van der Waals surface area contributed by atoms with E-state index >= 15 is 0 Å². The third-order valence-corrected chi connectivity index (χ3v) is 4.27. The van der Waals surface area contributed by atoms with Crippen molar-refractivity contribution >= 4 is 18.0 Å². The third-order valence-electron chi connectivity index (χ3n) is 4.27. The molecule has 0 unspecified atom stereocenters. The van der Waals surface area contributed by atoms with Crippen LogP contribution in [0, 0.1) is 0 Å². The Balaban J connectivity index is 2.16. The Morgan fingerprint density at radius 3 is 2.38 bits per heavy atom. The summed E-state index contributed by atoms with van der Waals surface area (Å²) in [5.41, 5.74) is 9.50. The summed E-state index contributed by atoms with van der Waals surface area (Å²) in [6.07, 6.45) is -4.81. The molecule has 1 fully saturated rings. The van der Waals surface area contributed by atoms with Gasteiger partial charge in [-0.05, 0) is 17.5 Å². The molecule has 2 rings (SSSR count). The van der Waals surface area contributed by atoms with Crippen LogP contribution < -0.4 is 5.32 Å². The van der Waals surface area contributed by atoms with E-state index in [9.17, 15) is 19.5 Å². The van der Waals surface area contributed by atoms with Gasteiger partial charge >= 0.3 is 18.0 Å². The Morgan fingerprint density at radius 1 is 1.17 bits per heavy atom. The number of carbonyl (C=O) groups is 3. The summed E-state index contributed by atoms with van der Waals surface area (Å²) in [7, 11) is 0. The van der Waals surface area contributed by atoms with Crippen LogP contribution in [0.3, 0.4) is 0 Å². The Hall–Kier alpha value is -3.30. The predicted octanol–water partition coefficient (Wildman–Crippen LogP) is 1.59. The van der Waals surface area contributed by atoms with E-state index in [0.29, 0.717) is 0 Å². The molecule has 156 valence electrons. The van der Waals surface area contributed by atoms with Crippen molar-refractivity contribution in [2.75, 3.05) is 0 Å². The summed E-state index contributed by atoms with van der Waals surface area (Å²) in [6.45, 7) is 2.26. The van der Waals surface area contributed by atoms with Crippen LogP contribution in [0.2, 0.25) is 0 Å². The molecule has 11 heteroatoms. The van der Waals surface area contributed by atoms with Crippen molar-refractivity contribution in [1.82, 2.24) is 5.32 Å². The number of rotatable bonds is 6. The Morgan fingerprint density at radius 2 is 1.79 bits per heavy atom. The van der Waals surface area contributed by atoms with Gasteiger partial charge < -0.3 is 24.6 Å². The predicted molar refractivity (Wildman–Crippen MR) is 98.2 cm³/mol. The highest BCUT2D eigenvalue weighted by Crippen LogP contribution is 2.28. The number of esters is 2. The largest absolute Gasteiger partial charge is 0.456 e. The monoisotopic (exact) mass is 406 g/mol. The molecule has 5 atom stereocenters. The van der Waals surface area contributed by atoms with Crippen molar-refractivity contribution in [2.24, 2.45) is 5.11 Å². The lowest BCUT2D eigenvalue weighted by Gasteiger charge is -2.42. The molecule has 29 heavy (non-hydrogen) atoms. The van der Waals surface area contributed by atoms with E-state index in [2.05, 4.69) is 15.3 Å². The van der Waals surface area contributed by atoms with Gasteiger partial charge in [-0.15, -0.1) is 0 Å². The van der Waals surface area contributed by atoms with Gasteiger partial charge in [0.25, 0.3) is 0 Å². The van der Waals surface area contributed by atoms with Gasteiger partial charge in [-0.2, -0.15) is 0 Å². The fraction of sp³-hybridized carbons (Fsp3) is 0.500. The van der Waals surface area contributed by atoms with Crippen molar-refractivity contribution < 1.29 is 33.7 Å². The zero-order chi connectivity index (χ0) is 21.4. The SMILES string of the molecule is CC(=O)O[C@@H]1[C@@H](OC(C)=O)[C@H](O)[C@@H](N=[N+]=[N-])C[C@H]1NC(=O)OCc1ccccc1. The molecule has 2 N–H and O–H groups in total. The van der Waals surface area contributed by atoms with E-state index < -0.39 is 48.4 Å². The number of amides is 1. The lowest BCUT2D eigenvalue weighted by atomic mass is 9.84. The first-order valence-electron chi connectivity index (χ1n) is 8.85. The van der Waals surface area contributed by atoms with E-state index in [1.54, 1.807) is 24.3 Å². The molecule has 1 aromatic carbocycles. The van der Waals surface area contributed by atoms with Crippen LogP contribution in [0.1, 0.15) is 25.8 Å². The minimum Gasteiger partial charge on any atom is -0.456 e. The molecule has 0 aromatic heterocycles. The minimum atomic E-state index is -1.42. The Labute approximate surface area is 166 Å². The number of ether oxygens (including phenoxy) is 3. The topological polar surface area (TPSA) is 160 Å². The number of hydrogen-bond donors (Lipinski definition) is 2. The Kier molecular flexibility index (Phi) is 7.81. The number of nitrogens with zero attached hydrogens (tertiary/aromatic N) is 3. The molecule has 1 aromatic rings. The number of alkyl carbamates (subject to hydrolysis) is 1. The standard InChI is InChI=1S/C18H22N4O7/c1-10(23)28-16-14(20-18(26)27-9-12-6-4-3-5-7-12)8-13(21-22-19)15(25)17(16)29-11(2)24/h3-7,13-17,25H,8-9H2,1-2H3,(H,20,26)/t13-,14+,15+,16-,17-/m0/s1. The molecule has 1 aliphatic carbocycles. The number of nitrogens with one attached hydrogen (secondary N) is 1. The normalized spacial score (nSPS) is 25.8. The van der Waals surface area contributed by atoms with E-state index in [4.69, 9.17) is 19.7 Å². The lowest BCUT2D eigenvalue weighted by Crippen LogP contribution is -2.62. The van der Waals surface area contributed by atoms with E-state index in [-0.39, 0.29) is 13.0 Å². The van der Waals surface area contributed by atoms with Crippen LogP contribution in [0.4, 0.5) is 4.79 Å². The first-order chi connectivity index (χ1) is 13.8. The zero-order valence-electron chi connectivity index (χ0n) is 15.9. The van der Waals surface area contributed by atoms with E-state index in [1.165, 1.54) is 0 Å². The lowest BCUT2D eigenvalue weighted by molar-refractivity contribution is -0.185. The molecule has 0 aliphatic heterocycles. The number of azide groups is 1. The minimum absolute atomic E-state index is 0.00734.